The third-order valence-electron chi connectivity index (χ3n) is 10.8. The Kier molecular flexibility index (Phi) is 3.43. The summed E-state index contributed by atoms with van der Waals surface area (Å²) in [5.74, 6) is 4.37. The molecule has 0 aromatic carbocycles. The van der Waals surface area contributed by atoms with Gasteiger partial charge in [-0.05, 0) is 91.8 Å². The van der Waals surface area contributed by atoms with Gasteiger partial charge < -0.3 is 9.53 Å². The first-order valence-corrected chi connectivity index (χ1v) is 10.9. The summed E-state index contributed by atoms with van der Waals surface area (Å²) in [6.45, 7) is 7.35. The van der Waals surface area contributed by atoms with Gasteiger partial charge in [0, 0.05) is 18.4 Å². The molecule has 0 aromatic rings. The molecule has 7 unspecified atom stereocenters. The summed E-state index contributed by atoms with van der Waals surface area (Å²) >= 11 is 0. The van der Waals surface area contributed by atoms with Crippen LogP contribution in [0.2, 0.25) is 0 Å². The Hall–Kier alpha value is -0.370. The van der Waals surface area contributed by atoms with Crippen molar-refractivity contribution in [1.82, 2.24) is 0 Å². The first kappa shape index (κ1) is 16.8. The highest BCUT2D eigenvalue weighted by Crippen LogP contribution is 2.82. The summed E-state index contributed by atoms with van der Waals surface area (Å²) in [7, 11) is 1.97. The highest BCUT2D eigenvalue weighted by atomic mass is 16.5. The number of carbonyl (C=O) groups is 1. The fraction of sp³-hybridized carbons (Fsp3) is 0.957. The summed E-state index contributed by atoms with van der Waals surface area (Å²) < 4.78 is 6.18. The minimum absolute atomic E-state index is 0.231. The Balaban J connectivity index is 1.50. The zero-order valence-corrected chi connectivity index (χ0v) is 16.6. The molecule has 0 radical (unpaired) electrons. The van der Waals surface area contributed by atoms with Gasteiger partial charge in [-0.25, -0.2) is 0 Å². The molecule has 5 saturated carbocycles. The fourth-order valence-electron chi connectivity index (χ4n) is 9.58. The summed E-state index contributed by atoms with van der Waals surface area (Å²) in [6.07, 6.45) is 12.7. The quantitative estimate of drug-likeness (QED) is 0.665. The average Bonchev–Trinajstić information content (AvgIpc) is 3.12. The number of methoxy groups -OCH3 is 1. The summed E-state index contributed by atoms with van der Waals surface area (Å²) in [6, 6.07) is 0. The predicted molar refractivity (Wildman–Crippen MR) is 99.1 cm³/mol. The van der Waals surface area contributed by atoms with Gasteiger partial charge in [-0.3, -0.25) is 0 Å². The van der Waals surface area contributed by atoms with Crippen LogP contribution in [0, 0.1) is 51.8 Å². The molecule has 0 N–H and O–H groups in total. The van der Waals surface area contributed by atoms with Crippen molar-refractivity contribution < 1.29 is 9.53 Å². The molecule has 5 rings (SSSR count). The van der Waals surface area contributed by atoms with Crippen LogP contribution in [0.5, 0.6) is 0 Å². The minimum atomic E-state index is 0.231. The van der Waals surface area contributed by atoms with Gasteiger partial charge in [0.15, 0.2) is 0 Å². The van der Waals surface area contributed by atoms with Gasteiger partial charge in [-0.2, -0.15) is 0 Å². The molecule has 5 aliphatic rings. The second-order valence-electron chi connectivity index (χ2n) is 11.0. The van der Waals surface area contributed by atoms with E-state index in [2.05, 4.69) is 20.8 Å². The van der Waals surface area contributed by atoms with Gasteiger partial charge >= 0.3 is 0 Å². The van der Waals surface area contributed by atoms with Crippen LogP contribution in [0.15, 0.2) is 0 Å². The Morgan fingerprint density at radius 2 is 1.88 bits per heavy atom. The van der Waals surface area contributed by atoms with Crippen molar-refractivity contribution in [1.29, 1.82) is 0 Å². The Morgan fingerprint density at radius 1 is 1.08 bits per heavy atom. The molecule has 25 heavy (non-hydrogen) atoms. The van der Waals surface area contributed by atoms with Gasteiger partial charge in [0.05, 0.1) is 6.10 Å². The molecule has 10 atom stereocenters. The highest BCUT2D eigenvalue weighted by molar-refractivity contribution is 5.53. The molecule has 0 aromatic heterocycles. The lowest BCUT2D eigenvalue weighted by atomic mass is 9.45. The van der Waals surface area contributed by atoms with E-state index in [9.17, 15) is 4.79 Å². The molecule has 1 spiro atoms. The first-order valence-electron chi connectivity index (χ1n) is 10.9. The maximum atomic E-state index is 11.5. The number of hydrogen-bond acceptors (Lipinski definition) is 2. The van der Waals surface area contributed by atoms with Crippen LogP contribution in [0.1, 0.15) is 72.1 Å². The third-order valence-corrected chi connectivity index (χ3v) is 10.8. The monoisotopic (exact) mass is 344 g/mol. The van der Waals surface area contributed by atoms with Crippen LogP contribution < -0.4 is 0 Å². The van der Waals surface area contributed by atoms with Crippen molar-refractivity contribution in [2.45, 2.75) is 78.2 Å². The van der Waals surface area contributed by atoms with Gasteiger partial charge in [0.2, 0.25) is 0 Å². The van der Waals surface area contributed by atoms with E-state index in [4.69, 9.17) is 4.74 Å². The Morgan fingerprint density at radius 3 is 2.56 bits per heavy atom. The first-order chi connectivity index (χ1) is 11.9. The summed E-state index contributed by atoms with van der Waals surface area (Å²) in [4.78, 5) is 11.5. The second-order valence-corrected chi connectivity index (χ2v) is 11.0. The van der Waals surface area contributed by atoms with Crippen molar-refractivity contribution in [3.8, 4) is 0 Å². The number of hydrogen-bond donors (Lipinski definition) is 0. The Labute approximate surface area is 153 Å². The normalized spacial score (nSPS) is 60.2. The Bertz CT molecular complexity index is 587. The topological polar surface area (TPSA) is 26.3 Å². The smallest absolute Gasteiger partial charge is 0.123 e. The molecular formula is C23H36O2. The van der Waals surface area contributed by atoms with Crippen molar-refractivity contribution >= 4 is 6.29 Å². The molecule has 0 heterocycles. The van der Waals surface area contributed by atoms with Crippen molar-refractivity contribution in [3.05, 3.63) is 0 Å². The van der Waals surface area contributed by atoms with Gasteiger partial charge in [0.25, 0.3) is 0 Å². The summed E-state index contributed by atoms with van der Waals surface area (Å²) in [5.41, 5.74) is 1.45. The number of aldehydes is 1. The third kappa shape index (κ3) is 1.79. The van der Waals surface area contributed by atoms with E-state index in [1.165, 1.54) is 57.7 Å². The van der Waals surface area contributed by atoms with Gasteiger partial charge in [-0.1, -0.05) is 20.8 Å². The highest BCUT2D eigenvalue weighted by Gasteiger charge is 2.77. The number of carbonyl (C=O) groups excluding carboxylic acids is 1. The summed E-state index contributed by atoms with van der Waals surface area (Å²) in [5, 5.41) is 0. The minimum Gasteiger partial charge on any atom is -0.381 e. The van der Waals surface area contributed by atoms with E-state index in [1.807, 2.05) is 7.11 Å². The molecule has 140 valence electrons. The number of rotatable bonds is 3. The van der Waals surface area contributed by atoms with E-state index in [0.717, 1.165) is 23.7 Å². The predicted octanol–water partition coefficient (Wildman–Crippen LogP) is 5.11. The van der Waals surface area contributed by atoms with Crippen LogP contribution in [0.25, 0.3) is 0 Å². The molecule has 0 amide bonds. The van der Waals surface area contributed by atoms with Crippen LogP contribution >= 0.6 is 0 Å². The standard InChI is InChI=1S/C23H36O2/c1-14(13-24)17-5-6-18-16-11-20(25-4)23-12-15(23)7-10-22(23,3)19(16)8-9-21(17,18)2/h13-20H,5-12H2,1-4H3/t14-,15?,16?,17?,18?,19?,20?,21-,22-,23?/m1/s1. The van der Waals surface area contributed by atoms with E-state index in [0.29, 0.717) is 28.3 Å². The van der Waals surface area contributed by atoms with Crippen LogP contribution in [0.3, 0.4) is 0 Å². The lowest BCUT2D eigenvalue weighted by Gasteiger charge is -2.61. The molecule has 2 heteroatoms. The van der Waals surface area contributed by atoms with Crippen LogP contribution in [-0.2, 0) is 9.53 Å². The molecular weight excluding hydrogens is 308 g/mol. The van der Waals surface area contributed by atoms with Gasteiger partial charge in [-0.15, -0.1) is 0 Å². The maximum Gasteiger partial charge on any atom is 0.123 e. The largest absolute Gasteiger partial charge is 0.381 e. The van der Waals surface area contributed by atoms with Crippen LogP contribution in [0.4, 0.5) is 0 Å². The number of ether oxygens (including phenoxy) is 1. The van der Waals surface area contributed by atoms with Gasteiger partial charge in [0.1, 0.15) is 6.29 Å². The fourth-order valence-corrected chi connectivity index (χ4v) is 9.58. The molecule has 0 bridgehead atoms. The van der Waals surface area contributed by atoms with Crippen molar-refractivity contribution in [2.24, 2.45) is 51.8 Å². The molecule has 2 nitrogen and oxygen atoms in total. The lowest BCUT2D eigenvalue weighted by Crippen LogP contribution is -2.57. The second kappa shape index (κ2) is 5.12. The van der Waals surface area contributed by atoms with Crippen molar-refractivity contribution in [2.75, 3.05) is 7.11 Å². The molecule has 0 aliphatic heterocycles. The van der Waals surface area contributed by atoms with E-state index >= 15 is 0 Å². The zero-order chi connectivity index (χ0) is 17.6. The van der Waals surface area contributed by atoms with E-state index < -0.39 is 0 Å². The lowest BCUT2D eigenvalue weighted by molar-refractivity contribution is -0.161. The van der Waals surface area contributed by atoms with E-state index in [-0.39, 0.29) is 5.92 Å². The van der Waals surface area contributed by atoms with Crippen LogP contribution in [-0.4, -0.2) is 19.5 Å². The van der Waals surface area contributed by atoms with Crippen molar-refractivity contribution in [3.63, 3.8) is 0 Å². The average molecular weight is 345 g/mol. The van der Waals surface area contributed by atoms with E-state index in [1.54, 1.807) is 0 Å². The maximum absolute atomic E-state index is 11.5. The molecule has 0 saturated heterocycles. The molecule has 5 aliphatic carbocycles. The molecule has 5 fully saturated rings. The SMILES string of the molecule is COC1CC2C3CCC([C@H](C)C=O)[C@@]3(C)CCC2[C@@]2(C)CCC3CC312. The number of fused-ring (bicyclic) bond motifs is 4. The zero-order valence-electron chi connectivity index (χ0n) is 16.6.